The molecule has 0 saturated heterocycles. The summed E-state index contributed by atoms with van der Waals surface area (Å²) in [4.78, 5) is 0. The van der Waals surface area contributed by atoms with E-state index in [1.165, 1.54) is 6.42 Å². The fourth-order valence-corrected chi connectivity index (χ4v) is 1.85. The van der Waals surface area contributed by atoms with Gasteiger partial charge in [-0.05, 0) is 18.3 Å². The van der Waals surface area contributed by atoms with Crippen molar-refractivity contribution in [2.24, 2.45) is 5.41 Å². The Labute approximate surface area is 68.2 Å². The Morgan fingerprint density at radius 3 is 2.09 bits per heavy atom. The summed E-state index contributed by atoms with van der Waals surface area (Å²) in [7, 11) is 0. The molecule has 0 bridgehead atoms. The smallest absolute Gasteiger partial charge is 0.0927 e. The van der Waals surface area contributed by atoms with E-state index in [9.17, 15) is 5.11 Å². The molecule has 2 heteroatoms. The molecule has 11 heavy (non-hydrogen) atoms. The maximum absolute atomic E-state index is 9.96. The van der Waals surface area contributed by atoms with Gasteiger partial charge in [0.1, 0.15) is 0 Å². The van der Waals surface area contributed by atoms with Crippen molar-refractivity contribution in [1.29, 1.82) is 0 Å². The molecule has 0 aromatic rings. The second kappa shape index (κ2) is 2.76. The van der Waals surface area contributed by atoms with Crippen LogP contribution in [0.5, 0.6) is 0 Å². The fourth-order valence-electron chi connectivity index (χ4n) is 1.85. The number of hydrogen-bond acceptors (Lipinski definition) is 2. The standard InChI is InChI=1S/C9H18O2/c1-8(2)5-3-4-6-9(8,11)7-10/h10-11H,3-7H2,1-2H3/t9-/m0/s1. The molecule has 1 atom stereocenters. The van der Waals surface area contributed by atoms with Crippen LogP contribution < -0.4 is 0 Å². The molecule has 66 valence electrons. The van der Waals surface area contributed by atoms with Crippen molar-refractivity contribution in [2.45, 2.75) is 45.1 Å². The monoisotopic (exact) mass is 158 g/mol. The van der Waals surface area contributed by atoms with Crippen LogP contribution in [0.1, 0.15) is 39.5 Å². The van der Waals surface area contributed by atoms with E-state index >= 15 is 0 Å². The topological polar surface area (TPSA) is 40.5 Å². The van der Waals surface area contributed by atoms with Gasteiger partial charge in [0.2, 0.25) is 0 Å². The highest BCUT2D eigenvalue weighted by atomic mass is 16.3. The lowest BCUT2D eigenvalue weighted by molar-refractivity contribution is -0.126. The fraction of sp³-hybridized carbons (Fsp3) is 1.00. The van der Waals surface area contributed by atoms with Gasteiger partial charge in [-0.25, -0.2) is 0 Å². The first-order chi connectivity index (χ1) is 5.02. The minimum Gasteiger partial charge on any atom is -0.393 e. The summed E-state index contributed by atoms with van der Waals surface area (Å²) in [6, 6.07) is 0. The Morgan fingerprint density at radius 2 is 1.73 bits per heavy atom. The molecule has 2 nitrogen and oxygen atoms in total. The zero-order chi connectivity index (χ0) is 8.54. The van der Waals surface area contributed by atoms with Crippen LogP contribution in [-0.2, 0) is 0 Å². The van der Waals surface area contributed by atoms with Crippen molar-refractivity contribution in [1.82, 2.24) is 0 Å². The summed E-state index contributed by atoms with van der Waals surface area (Å²) >= 11 is 0. The summed E-state index contributed by atoms with van der Waals surface area (Å²) in [5.41, 5.74) is -0.939. The average Bonchev–Trinajstić information content (AvgIpc) is 1.95. The Hall–Kier alpha value is -0.0800. The van der Waals surface area contributed by atoms with Gasteiger partial charge in [-0.1, -0.05) is 26.7 Å². The van der Waals surface area contributed by atoms with Crippen molar-refractivity contribution in [3.63, 3.8) is 0 Å². The lowest BCUT2D eigenvalue weighted by Crippen LogP contribution is -2.49. The van der Waals surface area contributed by atoms with E-state index in [0.29, 0.717) is 0 Å². The van der Waals surface area contributed by atoms with Crippen LogP contribution in [0.25, 0.3) is 0 Å². The number of aliphatic hydroxyl groups is 2. The molecular formula is C9H18O2. The van der Waals surface area contributed by atoms with E-state index in [0.717, 1.165) is 19.3 Å². The third-order valence-corrected chi connectivity index (χ3v) is 3.16. The van der Waals surface area contributed by atoms with Gasteiger partial charge in [-0.2, -0.15) is 0 Å². The molecule has 1 fully saturated rings. The van der Waals surface area contributed by atoms with Gasteiger partial charge in [0.05, 0.1) is 12.2 Å². The first-order valence-electron chi connectivity index (χ1n) is 4.35. The number of rotatable bonds is 1. The van der Waals surface area contributed by atoms with Crippen LogP contribution >= 0.6 is 0 Å². The predicted octanol–water partition coefficient (Wildman–Crippen LogP) is 1.31. The lowest BCUT2D eigenvalue weighted by atomic mass is 9.66. The van der Waals surface area contributed by atoms with Crippen molar-refractivity contribution in [3.05, 3.63) is 0 Å². The summed E-state index contributed by atoms with van der Waals surface area (Å²) in [6.07, 6.45) is 3.98. The number of hydrogen-bond donors (Lipinski definition) is 2. The Kier molecular flexibility index (Phi) is 2.26. The largest absolute Gasteiger partial charge is 0.393 e. The van der Waals surface area contributed by atoms with Gasteiger partial charge in [-0.3, -0.25) is 0 Å². The quantitative estimate of drug-likeness (QED) is 0.604. The lowest BCUT2D eigenvalue weighted by Gasteiger charge is -2.45. The molecule has 1 saturated carbocycles. The number of aliphatic hydroxyl groups excluding tert-OH is 1. The van der Waals surface area contributed by atoms with Gasteiger partial charge in [-0.15, -0.1) is 0 Å². The summed E-state index contributed by atoms with van der Waals surface area (Å²) in [5, 5.41) is 19.0. The van der Waals surface area contributed by atoms with E-state index in [1.807, 2.05) is 13.8 Å². The third-order valence-electron chi connectivity index (χ3n) is 3.16. The third kappa shape index (κ3) is 1.42. The summed E-state index contributed by atoms with van der Waals surface area (Å²) in [5.74, 6) is 0. The molecule has 0 heterocycles. The average molecular weight is 158 g/mol. The molecular weight excluding hydrogens is 140 g/mol. The van der Waals surface area contributed by atoms with Crippen LogP contribution in [0.2, 0.25) is 0 Å². The Morgan fingerprint density at radius 1 is 1.18 bits per heavy atom. The van der Waals surface area contributed by atoms with Gasteiger partial charge < -0.3 is 10.2 Å². The highest BCUT2D eigenvalue weighted by Gasteiger charge is 2.44. The first kappa shape index (κ1) is 9.01. The SMILES string of the molecule is CC1(C)CCCC[C@]1(O)CO. The van der Waals surface area contributed by atoms with Crippen LogP contribution in [0, 0.1) is 5.41 Å². The molecule has 0 radical (unpaired) electrons. The van der Waals surface area contributed by atoms with Gasteiger partial charge >= 0.3 is 0 Å². The van der Waals surface area contributed by atoms with Crippen LogP contribution in [0.15, 0.2) is 0 Å². The molecule has 1 rings (SSSR count). The first-order valence-corrected chi connectivity index (χ1v) is 4.35. The molecule has 0 aliphatic heterocycles. The highest BCUT2D eigenvalue weighted by Crippen LogP contribution is 2.43. The van der Waals surface area contributed by atoms with Crippen LogP contribution in [-0.4, -0.2) is 22.4 Å². The second-order valence-corrected chi connectivity index (χ2v) is 4.28. The second-order valence-electron chi connectivity index (χ2n) is 4.28. The van der Waals surface area contributed by atoms with Crippen molar-refractivity contribution >= 4 is 0 Å². The molecule has 0 aromatic heterocycles. The van der Waals surface area contributed by atoms with Gasteiger partial charge in [0, 0.05) is 0 Å². The molecule has 1 aliphatic carbocycles. The van der Waals surface area contributed by atoms with Gasteiger partial charge in [0.15, 0.2) is 0 Å². The maximum atomic E-state index is 9.96. The molecule has 0 amide bonds. The molecule has 2 N–H and O–H groups in total. The molecule has 0 spiro atoms. The van der Waals surface area contributed by atoms with E-state index in [1.54, 1.807) is 0 Å². The van der Waals surface area contributed by atoms with Crippen LogP contribution in [0.4, 0.5) is 0 Å². The minimum absolute atomic E-state index is 0.0972. The Bertz CT molecular complexity index is 142. The van der Waals surface area contributed by atoms with Crippen molar-refractivity contribution in [3.8, 4) is 0 Å². The minimum atomic E-state index is -0.828. The predicted molar refractivity (Wildman–Crippen MR) is 44.3 cm³/mol. The van der Waals surface area contributed by atoms with E-state index in [-0.39, 0.29) is 12.0 Å². The van der Waals surface area contributed by atoms with E-state index in [4.69, 9.17) is 5.11 Å². The van der Waals surface area contributed by atoms with Crippen LogP contribution in [0.3, 0.4) is 0 Å². The summed E-state index contributed by atoms with van der Waals surface area (Å²) < 4.78 is 0. The highest BCUT2D eigenvalue weighted by molar-refractivity contribution is 4.95. The molecule has 1 aliphatic rings. The molecule has 0 aromatic carbocycles. The zero-order valence-corrected chi connectivity index (χ0v) is 7.43. The normalized spacial score (nSPS) is 37.1. The van der Waals surface area contributed by atoms with Crippen molar-refractivity contribution < 1.29 is 10.2 Å². The summed E-state index contributed by atoms with van der Waals surface area (Å²) in [6.45, 7) is 3.96. The van der Waals surface area contributed by atoms with Gasteiger partial charge in [0.25, 0.3) is 0 Å². The van der Waals surface area contributed by atoms with Crippen molar-refractivity contribution in [2.75, 3.05) is 6.61 Å². The Balaban J connectivity index is 2.74. The zero-order valence-electron chi connectivity index (χ0n) is 7.43. The maximum Gasteiger partial charge on any atom is 0.0927 e. The van der Waals surface area contributed by atoms with E-state index in [2.05, 4.69) is 0 Å². The van der Waals surface area contributed by atoms with E-state index < -0.39 is 5.60 Å². The molecule has 0 unspecified atom stereocenters.